The zero-order valence-corrected chi connectivity index (χ0v) is 12.6. The molecule has 0 aromatic heterocycles. The van der Waals surface area contributed by atoms with Crippen LogP contribution in [0.4, 0.5) is 0 Å². The molecule has 1 saturated heterocycles. The Morgan fingerprint density at radius 1 is 1.38 bits per heavy atom. The molecule has 5 heteroatoms. The van der Waals surface area contributed by atoms with E-state index in [0.717, 1.165) is 24.8 Å². The lowest BCUT2D eigenvalue weighted by molar-refractivity contribution is -0.132. The van der Waals surface area contributed by atoms with Gasteiger partial charge in [0.15, 0.2) is 0 Å². The van der Waals surface area contributed by atoms with E-state index in [9.17, 15) is 9.59 Å². The lowest BCUT2D eigenvalue weighted by Gasteiger charge is -2.42. The van der Waals surface area contributed by atoms with Crippen LogP contribution in [0.5, 0.6) is 0 Å². The Morgan fingerprint density at radius 3 is 2.76 bits per heavy atom. The molecule has 0 radical (unpaired) electrons. The molecule has 1 atom stereocenters. The SMILES string of the molecule is O=C1CCC(NC(=O)C2(c3cccc(Cl)c3)CCC2)CN1. The number of benzene rings is 1. The molecule has 21 heavy (non-hydrogen) atoms. The Balaban J connectivity index is 1.73. The third-order valence-corrected chi connectivity index (χ3v) is 4.85. The molecule has 1 aliphatic heterocycles. The van der Waals surface area contributed by atoms with Crippen molar-refractivity contribution < 1.29 is 9.59 Å². The summed E-state index contributed by atoms with van der Waals surface area (Å²) in [6.07, 6.45) is 3.97. The fourth-order valence-corrected chi connectivity index (χ4v) is 3.33. The second kappa shape index (κ2) is 5.68. The van der Waals surface area contributed by atoms with Crippen molar-refractivity contribution in [2.45, 2.75) is 43.6 Å². The zero-order valence-electron chi connectivity index (χ0n) is 11.8. The summed E-state index contributed by atoms with van der Waals surface area (Å²) in [7, 11) is 0. The number of piperidine rings is 1. The summed E-state index contributed by atoms with van der Waals surface area (Å²) in [4.78, 5) is 23.9. The summed E-state index contributed by atoms with van der Waals surface area (Å²) >= 11 is 6.07. The minimum atomic E-state index is -0.438. The van der Waals surface area contributed by atoms with Crippen molar-refractivity contribution in [3.63, 3.8) is 0 Å². The van der Waals surface area contributed by atoms with Gasteiger partial charge in [-0.05, 0) is 37.0 Å². The first-order valence-corrected chi connectivity index (χ1v) is 7.82. The molecule has 1 heterocycles. The van der Waals surface area contributed by atoms with Gasteiger partial charge in [-0.15, -0.1) is 0 Å². The minimum Gasteiger partial charge on any atom is -0.354 e. The Bertz CT molecular complexity index is 559. The molecule has 2 aliphatic rings. The zero-order chi connectivity index (χ0) is 14.9. The number of halogens is 1. The minimum absolute atomic E-state index is 0.0341. The molecule has 1 unspecified atom stereocenters. The monoisotopic (exact) mass is 306 g/mol. The van der Waals surface area contributed by atoms with Crippen LogP contribution in [0.1, 0.15) is 37.7 Å². The first-order chi connectivity index (χ1) is 10.1. The van der Waals surface area contributed by atoms with Gasteiger partial charge in [-0.1, -0.05) is 30.2 Å². The maximum atomic E-state index is 12.7. The van der Waals surface area contributed by atoms with Crippen molar-refractivity contribution in [3.05, 3.63) is 34.9 Å². The van der Waals surface area contributed by atoms with E-state index in [2.05, 4.69) is 10.6 Å². The average molecular weight is 307 g/mol. The van der Waals surface area contributed by atoms with E-state index >= 15 is 0 Å². The number of carbonyl (C=O) groups is 2. The van der Waals surface area contributed by atoms with Gasteiger partial charge < -0.3 is 10.6 Å². The third-order valence-electron chi connectivity index (χ3n) is 4.62. The van der Waals surface area contributed by atoms with Gasteiger partial charge in [0.25, 0.3) is 0 Å². The summed E-state index contributed by atoms with van der Waals surface area (Å²) in [5.41, 5.74) is 0.561. The maximum Gasteiger partial charge on any atom is 0.230 e. The first kappa shape index (κ1) is 14.4. The number of hydrogen-bond acceptors (Lipinski definition) is 2. The Hall–Kier alpha value is -1.55. The summed E-state index contributed by atoms with van der Waals surface area (Å²) in [6, 6.07) is 7.63. The molecule has 4 nitrogen and oxygen atoms in total. The molecule has 1 aliphatic carbocycles. The fraction of sp³-hybridized carbons (Fsp3) is 0.500. The van der Waals surface area contributed by atoms with Crippen LogP contribution in [0.15, 0.2) is 24.3 Å². The third kappa shape index (κ3) is 2.77. The van der Waals surface area contributed by atoms with E-state index in [1.807, 2.05) is 24.3 Å². The Labute approximate surface area is 129 Å². The van der Waals surface area contributed by atoms with Crippen LogP contribution in [-0.2, 0) is 15.0 Å². The van der Waals surface area contributed by atoms with Crippen molar-refractivity contribution in [2.24, 2.45) is 0 Å². The van der Waals surface area contributed by atoms with Gasteiger partial charge in [-0.3, -0.25) is 9.59 Å². The van der Waals surface area contributed by atoms with Gasteiger partial charge in [-0.25, -0.2) is 0 Å². The molecule has 0 bridgehead atoms. The second-order valence-electron chi connectivity index (χ2n) is 5.96. The summed E-state index contributed by atoms with van der Waals surface area (Å²) in [5, 5.41) is 6.57. The second-order valence-corrected chi connectivity index (χ2v) is 6.40. The van der Waals surface area contributed by atoms with Crippen molar-refractivity contribution >= 4 is 23.4 Å². The lowest BCUT2D eigenvalue weighted by Crippen LogP contribution is -2.55. The summed E-state index contributed by atoms with van der Waals surface area (Å²) in [6.45, 7) is 0.524. The molecule has 1 aromatic rings. The van der Waals surface area contributed by atoms with Gasteiger partial charge >= 0.3 is 0 Å². The molecule has 2 fully saturated rings. The van der Waals surface area contributed by atoms with E-state index in [-0.39, 0.29) is 17.9 Å². The number of rotatable bonds is 3. The molecule has 0 spiro atoms. The highest BCUT2D eigenvalue weighted by atomic mass is 35.5. The largest absolute Gasteiger partial charge is 0.354 e. The topological polar surface area (TPSA) is 58.2 Å². The van der Waals surface area contributed by atoms with E-state index in [4.69, 9.17) is 11.6 Å². The highest BCUT2D eigenvalue weighted by molar-refractivity contribution is 6.30. The number of amides is 2. The van der Waals surface area contributed by atoms with E-state index < -0.39 is 5.41 Å². The van der Waals surface area contributed by atoms with Crippen LogP contribution < -0.4 is 10.6 Å². The number of carbonyl (C=O) groups excluding carboxylic acids is 2. The molecule has 112 valence electrons. The Kier molecular flexibility index (Phi) is 3.89. The van der Waals surface area contributed by atoms with Gasteiger partial charge in [0, 0.05) is 24.0 Å². The van der Waals surface area contributed by atoms with Gasteiger partial charge in [0.1, 0.15) is 0 Å². The van der Waals surface area contributed by atoms with E-state index in [0.29, 0.717) is 24.4 Å². The van der Waals surface area contributed by atoms with Crippen molar-refractivity contribution in [3.8, 4) is 0 Å². The molecule has 3 rings (SSSR count). The highest BCUT2D eigenvalue weighted by Gasteiger charge is 2.46. The normalized spacial score (nSPS) is 23.9. The lowest BCUT2D eigenvalue weighted by atomic mass is 9.63. The van der Waals surface area contributed by atoms with E-state index in [1.165, 1.54) is 0 Å². The van der Waals surface area contributed by atoms with Crippen LogP contribution in [0.25, 0.3) is 0 Å². The quantitative estimate of drug-likeness (QED) is 0.899. The first-order valence-electron chi connectivity index (χ1n) is 7.44. The van der Waals surface area contributed by atoms with Crippen LogP contribution in [0, 0.1) is 0 Å². The summed E-state index contributed by atoms with van der Waals surface area (Å²) in [5.74, 6) is 0.130. The number of nitrogens with one attached hydrogen (secondary N) is 2. The smallest absolute Gasteiger partial charge is 0.230 e. The van der Waals surface area contributed by atoms with Crippen molar-refractivity contribution in [1.29, 1.82) is 0 Å². The van der Waals surface area contributed by atoms with Crippen LogP contribution in [0.2, 0.25) is 5.02 Å². The molecular weight excluding hydrogens is 288 g/mol. The van der Waals surface area contributed by atoms with Crippen LogP contribution in [0.3, 0.4) is 0 Å². The van der Waals surface area contributed by atoms with Gasteiger partial charge in [0.2, 0.25) is 11.8 Å². The summed E-state index contributed by atoms with van der Waals surface area (Å²) < 4.78 is 0. The van der Waals surface area contributed by atoms with Crippen LogP contribution in [-0.4, -0.2) is 24.4 Å². The van der Waals surface area contributed by atoms with Crippen LogP contribution >= 0.6 is 11.6 Å². The molecule has 2 amide bonds. The maximum absolute atomic E-state index is 12.7. The van der Waals surface area contributed by atoms with Crippen molar-refractivity contribution in [2.75, 3.05) is 6.54 Å². The van der Waals surface area contributed by atoms with E-state index in [1.54, 1.807) is 0 Å². The molecule has 1 aromatic carbocycles. The molecule has 2 N–H and O–H groups in total. The predicted molar refractivity (Wildman–Crippen MR) is 81.2 cm³/mol. The molecule has 1 saturated carbocycles. The highest BCUT2D eigenvalue weighted by Crippen LogP contribution is 2.44. The standard InChI is InChI=1S/C16H19ClN2O2/c17-12-4-1-3-11(9-12)16(7-2-8-16)15(21)19-13-5-6-14(20)18-10-13/h1,3-4,9,13H,2,5-8,10H2,(H,18,20)(H,19,21). The number of hydrogen-bond donors (Lipinski definition) is 2. The van der Waals surface area contributed by atoms with Gasteiger partial charge in [-0.2, -0.15) is 0 Å². The predicted octanol–water partition coefficient (Wildman–Crippen LogP) is 2.16. The molecular formula is C16H19ClN2O2. The fourth-order valence-electron chi connectivity index (χ4n) is 3.14. The average Bonchev–Trinajstić information content (AvgIpc) is 2.40. The van der Waals surface area contributed by atoms with Crippen molar-refractivity contribution in [1.82, 2.24) is 10.6 Å². The Morgan fingerprint density at radius 2 is 2.19 bits per heavy atom. The van der Waals surface area contributed by atoms with Gasteiger partial charge in [0.05, 0.1) is 5.41 Å².